The molecule has 3 rings (SSSR count). The number of aromatic nitrogens is 3. The fourth-order valence-corrected chi connectivity index (χ4v) is 3.02. The molecule has 2 aromatic carbocycles. The number of rotatable bonds is 7. The number of non-ortho nitro benzene ring substituents is 1. The highest BCUT2D eigenvalue weighted by Gasteiger charge is 2.14. The van der Waals surface area contributed by atoms with Gasteiger partial charge in [-0.1, -0.05) is 48.2 Å². The van der Waals surface area contributed by atoms with E-state index in [1.165, 1.54) is 28.8 Å². The molecule has 142 valence electrons. The third kappa shape index (κ3) is 5.04. The number of thioether (sulfide) groups is 1. The highest BCUT2D eigenvalue weighted by atomic mass is 32.2. The Labute approximate surface area is 165 Å². The fourth-order valence-electron chi connectivity index (χ4n) is 2.30. The van der Waals surface area contributed by atoms with Crippen molar-refractivity contribution in [2.45, 2.75) is 5.16 Å². The highest BCUT2D eigenvalue weighted by molar-refractivity contribution is 7.99. The fraction of sp³-hybridized carbons (Fsp3) is 0.105. The number of carbonyl (C=O) groups excluding carboxylic acids is 1. The van der Waals surface area contributed by atoms with Crippen LogP contribution in [0, 0.1) is 10.1 Å². The van der Waals surface area contributed by atoms with Crippen LogP contribution in [0.2, 0.25) is 0 Å². The van der Waals surface area contributed by atoms with Crippen LogP contribution in [0.3, 0.4) is 0 Å². The largest absolute Gasteiger partial charge is 0.315 e. The summed E-state index contributed by atoms with van der Waals surface area (Å²) < 4.78 is 0. The number of nitro groups is 1. The summed E-state index contributed by atoms with van der Waals surface area (Å²) >= 11 is 1.22. The lowest BCUT2D eigenvalue weighted by Gasteiger charge is -2.16. The van der Waals surface area contributed by atoms with E-state index in [1.807, 2.05) is 42.5 Å². The molecule has 0 fully saturated rings. The van der Waals surface area contributed by atoms with Gasteiger partial charge in [-0.15, -0.1) is 5.10 Å². The zero-order valence-corrected chi connectivity index (χ0v) is 15.8. The van der Waals surface area contributed by atoms with Gasteiger partial charge in [0.25, 0.3) is 5.69 Å². The van der Waals surface area contributed by atoms with Crippen LogP contribution in [-0.2, 0) is 4.79 Å². The van der Waals surface area contributed by atoms with Gasteiger partial charge in [0.1, 0.15) is 5.82 Å². The standard InChI is InChI=1S/C19H17N5O3S/c1-23(15-8-10-16(11-9-15)24(26)27)18(25)13-28-19-20-17(21-22-19)12-7-14-5-3-2-4-6-14/h2-12H,13H2,1H3,(H,20,21,22)/b12-7+. The lowest BCUT2D eigenvalue weighted by Crippen LogP contribution is -2.27. The van der Waals surface area contributed by atoms with Crippen molar-refractivity contribution >= 4 is 41.2 Å². The second-order valence-corrected chi connectivity index (χ2v) is 6.70. The molecule has 0 radical (unpaired) electrons. The average Bonchev–Trinajstić information content (AvgIpc) is 3.18. The summed E-state index contributed by atoms with van der Waals surface area (Å²) in [6.07, 6.45) is 3.74. The van der Waals surface area contributed by atoms with E-state index in [0.29, 0.717) is 16.7 Å². The number of aromatic amines is 1. The molecule has 9 heteroatoms. The van der Waals surface area contributed by atoms with Crippen molar-refractivity contribution in [3.05, 3.63) is 76.1 Å². The Morgan fingerprint density at radius 1 is 1.18 bits per heavy atom. The Hall–Kier alpha value is -3.46. The first-order valence-corrected chi connectivity index (χ1v) is 9.31. The molecule has 0 atom stereocenters. The molecule has 1 N–H and O–H groups in total. The van der Waals surface area contributed by atoms with Gasteiger partial charge in [0.2, 0.25) is 11.1 Å². The van der Waals surface area contributed by atoms with Gasteiger partial charge < -0.3 is 4.90 Å². The van der Waals surface area contributed by atoms with Crippen molar-refractivity contribution in [3.63, 3.8) is 0 Å². The van der Waals surface area contributed by atoms with Crippen molar-refractivity contribution in [1.82, 2.24) is 15.2 Å². The van der Waals surface area contributed by atoms with Crippen LogP contribution in [0.1, 0.15) is 11.4 Å². The minimum atomic E-state index is -0.478. The average molecular weight is 395 g/mol. The van der Waals surface area contributed by atoms with Crippen LogP contribution in [0.4, 0.5) is 11.4 Å². The molecular formula is C19H17N5O3S. The van der Waals surface area contributed by atoms with E-state index in [1.54, 1.807) is 19.2 Å². The van der Waals surface area contributed by atoms with Crippen molar-refractivity contribution in [2.75, 3.05) is 17.7 Å². The molecule has 0 aliphatic heterocycles. The number of hydrogen-bond donors (Lipinski definition) is 1. The Morgan fingerprint density at radius 3 is 2.57 bits per heavy atom. The summed E-state index contributed by atoms with van der Waals surface area (Å²) in [6.45, 7) is 0. The number of benzene rings is 2. The highest BCUT2D eigenvalue weighted by Crippen LogP contribution is 2.20. The number of nitro benzene ring substituents is 1. The van der Waals surface area contributed by atoms with Gasteiger partial charge in [0.15, 0.2) is 0 Å². The molecule has 28 heavy (non-hydrogen) atoms. The summed E-state index contributed by atoms with van der Waals surface area (Å²) in [7, 11) is 1.62. The molecule has 1 aromatic heterocycles. The first-order valence-electron chi connectivity index (χ1n) is 8.32. The number of hydrogen-bond acceptors (Lipinski definition) is 6. The maximum atomic E-state index is 12.3. The smallest absolute Gasteiger partial charge is 0.269 e. The van der Waals surface area contributed by atoms with Crippen molar-refractivity contribution in [2.24, 2.45) is 0 Å². The molecule has 0 bridgehead atoms. The minimum Gasteiger partial charge on any atom is -0.315 e. The molecule has 1 amide bonds. The van der Waals surface area contributed by atoms with Gasteiger partial charge in [-0.25, -0.2) is 4.98 Å². The maximum Gasteiger partial charge on any atom is 0.269 e. The number of anilines is 1. The Kier molecular flexibility index (Phi) is 6.18. The van der Waals surface area contributed by atoms with Crippen molar-refractivity contribution in [1.29, 1.82) is 0 Å². The summed E-state index contributed by atoms with van der Waals surface area (Å²) in [5.41, 5.74) is 1.61. The van der Waals surface area contributed by atoms with E-state index in [9.17, 15) is 14.9 Å². The SMILES string of the molecule is CN(C(=O)CSc1n[nH]c(/C=C/c2ccccc2)n1)c1ccc([N+](=O)[O-])cc1. The van der Waals surface area contributed by atoms with E-state index in [-0.39, 0.29) is 17.3 Å². The third-order valence-corrected chi connectivity index (χ3v) is 4.69. The number of nitrogens with one attached hydrogen (secondary N) is 1. The van der Waals surface area contributed by atoms with Gasteiger partial charge in [-0.2, -0.15) is 0 Å². The number of amides is 1. The molecule has 0 aliphatic carbocycles. The van der Waals surface area contributed by atoms with Crippen LogP contribution < -0.4 is 4.90 Å². The van der Waals surface area contributed by atoms with E-state index < -0.39 is 4.92 Å². The van der Waals surface area contributed by atoms with Crippen LogP contribution in [-0.4, -0.2) is 38.8 Å². The van der Waals surface area contributed by atoms with Crippen LogP contribution in [0.5, 0.6) is 0 Å². The third-order valence-electron chi connectivity index (χ3n) is 3.86. The topological polar surface area (TPSA) is 105 Å². The maximum absolute atomic E-state index is 12.3. The number of nitrogens with zero attached hydrogens (tertiary/aromatic N) is 4. The zero-order valence-electron chi connectivity index (χ0n) is 15.0. The quantitative estimate of drug-likeness (QED) is 0.372. The molecule has 0 unspecified atom stereocenters. The van der Waals surface area contributed by atoms with Gasteiger partial charge in [0, 0.05) is 24.9 Å². The lowest BCUT2D eigenvalue weighted by atomic mass is 10.2. The van der Waals surface area contributed by atoms with Crippen LogP contribution >= 0.6 is 11.8 Å². The van der Waals surface area contributed by atoms with Gasteiger partial charge in [-0.05, 0) is 23.8 Å². The number of carbonyl (C=O) groups is 1. The molecule has 0 saturated carbocycles. The normalized spacial score (nSPS) is 10.9. The summed E-state index contributed by atoms with van der Waals surface area (Å²) in [6, 6.07) is 15.6. The molecular weight excluding hydrogens is 378 g/mol. The molecule has 0 saturated heterocycles. The van der Waals surface area contributed by atoms with Gasteiger partial charge in [0.05, 0.1) is 10.7 Å². The predicted octanol–water partition coefficient (Wildman–Crippen LogP) is 3.64. The summed E-state index contributed by atoms with van der Waals surface area (Å²) in [4.78, 5) is 28.3. The van der Waals surface area contributed by atoms with Crippen LogP contribution in [0.15, 0.2) is 59.8 Å². The monoisotopic (exact) mass is 395 g/mol. The van der Waals surface area contributed by atoms with E-state index in [2.05, 4.69) is 15.2 Å². The van der Waals surface area contributed by atoms with Crippen molar-refractivity contribution < 1.29 is 9.72 Å². The first kappa shape index (κ1) is 19.3. The van der Waals surface area contributed by atoms with E-state index in [0.717, 1.165) is 5.56 Å². The minimum absolute atomic E-state index is 0.0178. The molecule has 3 aromatic rings. The number of H-pyrrole nitrogens is 1. The van der Waals surface area contributed by atoms with E-state index in [4.69, 9.17) is 0 Å². The Bertz CT molecular complexity index is 986. The van der Waals surface area contributed by atoms with Crippen molar-refractivity contribution in [3.8, 4) is 0 Å². The summed E-state index contributed by atoms with van der Waals surface area (Å²) in [5.74, 6) is 0.584. The molecule has 1 heterocycles. The first-order chi connectivity index (χ1) is 13.5. The van der Waals surface area contributed by atoms with Gasteiger partial charge in [-0.3, -0.25) is 20.0 Å². The predicted molar refractivity (Wildman–Crippen MR) is 109 cm³/mol. The second-order valence-electron chi connectivity index (χ2n) is 5.76. The van der Waals surface area contributed by atoms with Gasteiger partial charge >= 0.3 is 0 Å². The molecule has 0 spiro atoms. The van der Waals surface area contributed by atoms with Crippen LogP contribution in [0.25, 0.3) is 12.2 Å². The molecule has 8 nitrogen and oxygen atoms in total. The Morgan fingerprint density at radius 2 is 1.89 bits per heavy atom. The molecule has 0 aliphatic rings. The lowest BCUT2D eigenvalue weighted by molar-refractivity contribution is -0.384. The van der Waals surface area contributed by atoms with E-state index >= 15 is 0 Å². The Balaban J connectivity index is 1.55. The second kappa shape index (κ2) is 8.96. The zero-order chi connectivity index (χ0) is 19.9. The summed E-state index contributed by atoms with van der Waals surface area (Å²) in [5, 5.41) is 18.1.